The number of sulfonamides is 1. The van der Waals surface area contributed by atoms with Gasteiger partial charge < -0.3 is 5.32 Å². The molecule has 27 heavy (non-hydrogen) atoms. The highest BCUT2D eigenvalue weighted by atomic mass is 35.5. The van der Waals surface area contributed by atoms with E-state index in [9.17, 15) is 13.2 Å². The Morgan fingerprint density at radius 3 is 2.56 bits per heavy atom. The third-order valence-corrected chi connectivity index (χ3v) is 6.97. The largest absolute Gasteiger partial charge is 0.356 e. The first-order valence-electron chi connectivity index (χ1n) is 9.00. The second kappa shape index (κ2) is 8.87. The van der Waals surface area contributed by atoms with Crippen LogP contribution in [-0.4, -0.2) is 37.5 Å². The Hall–Kier alpha value is -1.89. The Morgan fingerprint density at radius 2 is 1.78 bits per heavy atom. The molecule has 0 saturated carbocycles. The fraction of sp³-hybridized carbons (Fsp3) is 0.350. The lowest BCUT2D eigenvalue weighted by molar-refractivity contribution is -0.120. The first-order chi connectivity index (χ1) is 13.0. The quantitative estimate of drug-likeness (QED) is 0.719. The molecule has 1 heterocycles. The van der Waals surface area contributed by atoms with E-state index in [0.29, 0.717) is 31.1 Å². The molecule has 0 atom stereocenters. The van der Waals surface area contributed by atoms with E-state index in [1.807, 2.05) is 36.4 Å². The van der Waals surface area contributed by atoms with Crippen molar-refractivity contribution in [1.29, 1.82) is 0 Å². The summed E-state index contributed by atoms with van der Waals surface area (Å²) in [6, 6.07) is 15.1. The van der Waals surface area contributed by atoms with Crippen molar-refractivity contribution in [1.82, 2.24) is 9.62 Å². The van der Waals surface area contributed by atoms with Gasteiger partial charge in [-0.05, 0) is 35.6 Å². The molecule has 2 aromatic carbocycles. The third-order valence-electron chi connectivity index (χ3n) is 4.70. The molecule has 0 aromatic heterocycles. The van der Waals surface area contributed by atoms with Crippen LogP contribution in [0.25, 0.3) is 0 Å². The van der Waals surface area contributed by atoms with E-state index in [2.05, 4.69) is 5.32 Å². The van der Waals surface area contributed by atoms with E-state index in [1.165, 1.54) is 5.56 Å². The fourth-order valence-electron chi connectivity index (χ4n) is 3.20. The molecule has 5 nitrogen and oxygen atoms in total. The smallest absolute Gasteiger partial charge is 0.224 e. The van der Waals surface area contributed by atoms with Gasteiger partial charge in [0.15, 0.2) is 0 Å². The SMILES string of the molecule is O=C(Cc1ccccc1Cl)NCCCS(=O)(=O)N1CCc2ccccc2C1. The summed E-state index contributed by atoms with van der Waals surface area (Å²) >= 11 is 6.05. The summed E-state index contributed by atoms with van der Waals surface area (Å²) < 4.78 is 26.7. The highest BCUT2D eigenvalue weighted by Crippen LogP contribution is 2.21. The number of hydrogen-bond acceptors (Lipinski definition) is 3. The number of benzene rings is 2. The van der Waals surface area contributed by atoms with Crippen LogP contribution in [0.2, 0.25) is 5.02 Å². The maximum atomic E-state index is 12.6. The van der Waals surface area contributed by atoms with Gasteiger partial charge in [-0.15, -0.1) is 0 Å². The number of fused-ring (bicyclic) bond motifs is 1. The Balaban J connectivity index is 1.44. The highest BCUT2D eigenvalue weighted by Gasteiger charge is 2.26. The van der Waals surface area contributed by atoms with Gasteiger partial charge in [-0.3, -0.25) is 4.79 Å². The van der Waals surface area contributed by atoms with Gasteiger partial charge in [-0.1, -0.05) is 54.1 Å². The second-order valence-electron chi connectivity index (χ2n) is 6.64. The first-order valence-corrected chi connectivity index (χ1v) is 11.0. The van der Waals surface area contributed by atoms with Crippen LogP contribution >= 0.6 is 11.6 Å². The zero-order valence-electron chi connectivity index (χ0n) is 15.0. The van der Waals surface area contributed by atoms with Gasteiger partial charge in [-0.2, -0.15) is 4.31 Å². The summed E-state index contributed by atoms with van der Waals surface area (Å²) in [6.45, 7) is 1.27. The first kappa shape index (κ1) is 19.9. The second-order valence-corrected chi connectivity index (χ2v) is 9.14. The van der Waals surface area contributed by atoms with E-state index in [1.54, 1.807) is 16.4 Å². The lowest BCUT2D eigenvalue weighted by Crippen LogP contribution is -2.38. The standard InChI is InChI=1S/C20H23ClN2O3S/c21-19-9-4-3-7-17(19)14-20(24)22-11-5-13-27(25,26)23-12-10-16-6-1-2-8-18(16)15-23/h1-4,6-9H,5,10-15H2,(H,22,24). The number of hydrogen-bond donors (Lipinski definition) is 1. The molecule has 0 radical (unpaired) electrons. The van der Waals surface area contributed by atoms with Crippen LogP contribution in [-0.2, 0) is 34.2 Å². The lowest BCUT2D eigenvalue weighted by atomic mass is 10.0. The number of carbonyl (C=O) groups is 1. The summed E-state index contributed by atoms with van der Waals surface area (Å²) in [7, 11) is -3.33. The number of nitrogens with one attached hydrogen (secondary N) is 1. The van der Waals surface area contributed by atoms with Crippen molar-refractivity contribution in [2.24, 2.45) is 0 Å². The maximum Gasteiger partial charge on any atom is 0.224 e. The van der Waals surface area contributed by atoms with Gasteiger partial charge in [0.05, 0.1) is 12.2 Å². The van der Waals surface area contributed by atoms with Crippen LogP contribution in [0.3, 0.4) is 0 Å². The van der Waals surface area contributed by atoms with Gasteiger partial charge in [0.1, 0.15) is 0 Å². The molecule has 1 N–H and O–H groups in total. The van der Waals surface area contributed by atoms with Crippen molar-refractivity contribution in [3.63, 3.8) is 0 Å². The van der Waals surface area contributed by atoms with E-state index in [-0.39, 0.29) is 18.1 Å². The molecule has 1 aliphatic heterocycles. The third kappa shape index (κ3) is 5.31. The van der Waals surface area contributed by atoms with Gasteiger partial charge in [-0.25, -0.2) is 8.42 Å². The molecule has 0 spiro atoms. The molecule has 144 valence electrons. The highest BCUT2D eigenvalue weighted by molar-refractivity contribution is 7.89. The van der Waals surface area contributed by atoms with Crippen LogP contribution in [0.5, 0.6) is 0 Å². The van der Waals surface area contributed by atoms with E-state index >= 15 is 0 Å². The average molecular weight is 407 g/mol. The van der Waals surface area contributed by atoms with E-state index in [0.717, 1.165) is 17.5 Å². The summed E-state index contributed by atoms with van der Waals surface area (Å²) in [5, 5.41) is 3.33. The average Bonchev–Trinajstić information content (AvgIpc) is 2.67. The molecule has 0 fully saturated rings. The van der Waals surface area contributed by atoms with Crippen LogP contribution in [0.4, 0.5) is 0 Å². The summed E-state index contributed by atoms with van der Waals surface area (Å²) in [6.07, 6.45) is 1.31. The van der Waals surface area contributed by atoms with Crippen LogP contribution in [0.15, 0.2) is 48.5 Å². The number of amides is 1. The van der Waals surface area contributed by atoms with Crippen molar-refractivity contribution < 1.29 is 13.2 Å². The summed E-state index contributed by atoms with van der Waals surface area (Å²) in [5.74, 6) is -0.131. The predicted octanol–water partition coefficient (Wildman–Crippen LogP) is 2.78. The molecular formula is C20H23ClN2O3S. The van der Waals surface area contributed by atoms with Gasteiger partial charge >= 0.3 is 0 Å². The molecule has 0 saturated heterocycles. The van der Waals surface area contributed by atoms with Gasteiger partial charge in [0, 0.05) is 24.7 Å². The minimum atomic E-state index is -3.33. The lowest BCUT2D eigenvalue weighted by Gasteiger charge is -2.28. The normalized spacial score (nSPS) is 14.6. The molecular weight excluding hydrogens is 384 g/mol. The zero-order valence-corrected chi connectivity index (χ0v) is 16.6. The Kier molecular flexibility index (Phi) is 6.52. The van der Waals surface area contributed by atoms with E-state index < -0.39 is 10.0 Å². The predicted molar refractivity (Wildman–Crippen MR) is 107 cm³/mol. The van der Waals surface area contributed by atoms with Crippen molar-refractivity contribution >= 4 is 27.5 Å². The zero-order chi connectivity index (χ0) is 19.3. The van der Waals surface area contributed by atoms with Crippen LogP contribution in [0.1, 0.15) is 23.1 Å². The summed E-state index contributed by atoms with van der Waals surface area (Å²) in [4.78, 5) is 12.0. The summed E-state index contributed by atoms with van der Waals surface area (Å²) in [5.41, 5.74) is 3.05. The molecule has 0 aliphatic carbocycles. The number of nitrogens with zero attached hydrogens (tertiary/aromatic N) is 1. The minimum absolute atomic E-state index is 0.0293. The number of rotatable bonds is 7. The molecule has 7 heteroatoms. The Bertz CT molecular complexity index is 915. The van der Waals surface area contributed by atoms with Crippen LogP contribution in [0, 0.1) is 0 Å². The molecule has 1 aliphatic rings. The maximum absolute atomic E-state index is 12.6. The monoisotopic (exact) mass is 406 g/mol. The van der Waals surface area contributed by atoms with Crippen molar-refractivity contribution in [3.8, 4) is 0 Å². The van der Waals surface area contributed by atoms with Gasteiger partial charge in [0.25, 0.3) is 0 Å². The number of halogens is 1. The molecule has 1 amide bonds. The Labute approximate surface area is 165 Å². The van der Waals surface area contributed by atoms with Crippen molar-refractivity contribution in [2.45, 2.75) is 25.8 Å². The Morgan fingerprint density at radius 1 is 1.07 bits per heavy atom. The fourth-order valence-corrected chi connectivity index (χ4v) is 4.87. The minimum Gasteiger partial charge on any atom is -0.356 e. The molecule has 2 aromatic rings. The van der Waals surface area contributed by atoms with E-state index in [4.69, 9.17) is 11.6 Å². The molecule has 0 bridgehead atoms. The van der Waals surface area contributed by atoms with Crippen LogP contribution < -0.4 is 5.32 Å². The molecule has 0 unspecified atom stereocenters. The van der Waals surface area contributed by atoms with Crippen molar-refractivity contribution in [2.75, 3.05) is 18.8 Å². The molecule has 3 rings (SSSR count). The van der Waals surface area contributed by atoms with Crippen molar-refractivity contribution in [3.05, 3.63) is 70.2 Å². The van der Waals surface area contributed by atoms with Gasteiger partial charge in [0.2, 0.25) is 15.9 Å². The topological polar surface area (TPSA) is 66.5 Å². The number of carbonyl (C=O) groups excluding carboxylic acids is 1.